The van der Waals surface area contributed by atoms with Crippen LogP contribution in [-0.2, 0) is 4.74 Å². The number of β-amino-alcohol motifs (C(OH)–C–C–N with tert-alkyl or cyclic N) is 2. The number of anilines is 1. The number of ether oxygens (including phenoxy) is 2. The van der Waals surface area contributed by atoms with Gasteiger partial charge in [-0.2, -0.15) is 0 Å². The number of nitrogens with zero attached hydrogens (tertiary/aromatic N) is 2. The Morgan fingerprint density at radius 2 is 1.72 bits per heavy atom. The van der Waals surface area contributed by atoms with Crippen molar-refractivity contribution in [1.82, 2.24) is 4.90 Å². The molecule has 2 aliphatic rings. The van der Waals surface area contributed by atoms with E-state index in [2.05, 4.69) is 34.9 Å². The van der Waals surface area contributed by atoms with Crippen molar-refractivity contribution in [2.24, 2.45) is 0 Å². The summed E-state index contributed by atoms with van der Waals surface area (Å²) in [7, 11) is 0. The molecule has 0 unspecified atom stereocenters. The highest BCUT2D eigenvalue weighted by atomic mass is 19.1. The van der Waals surface area contributed by atoms with Crippen molar-refractivity contribution in [2.45, 2.75) is 31.0 Å². The molecule has 0 radical (unpaired) electrons. The van der Waals surface area contributed by atoms with E-state index >= 15 is 0 Å². The first-order valence-electron chi connectivity index (χ1n) is 11.3. The zero-order chi connectivity index (χ0) is 22.6. The van der Waals surface area contributed by atoms with Gasteiger partial charge in [-0.1, -0.05) is 18.2 Å². The number of aryl methyl sites for hydroxylation is 1. The molecule has 2 aliphatic heterocycles. The molecule has 32 heavy (non-hydrogen) atoms. The van der Waals surface area contributed by atoms with Gasteiger partial charge < -0.3 is 24.6 Å². The Hall–Kier alpha value is -2.19. The van der Waals surface area contributed by atoms with E-state index in [1.165, 1.54) is 23.4 Å². The summed E-state index contributed by atoms with van der Waals surface area (Å²) in [6.07, 6.45) is 1.34. The summed E-state index contributed by atoms with van der Waals surface area (Å²) in [4.78, 5) is 4.41. The fraction of sp³-hybridized carbons (Fsp3) is 0.520. The zero-order valence-corrected chi connectivity index (χ0v) is 18.7. The molecule has 0 aliphatic carbocycles. The lowest BCUT2D eigenvalue weighted by molar-refractivity contribution is -0.0742. The van der Waals surface area contributed by atoms with E-state index in [1.54, 1.807) is 12.1 Å². The number of para-hydroxylation sites is 1. The highest BCUT2D eigenvalue weighted by molar-refractivity contribution is 5.53. The SMILES string of the molecule is Cc1ccccc1N1CCC(O)(CN2CCOC[C@](O)(COc3ccc(F)cc3)C2)CC1. The second kappa shape index (κ2) is 9.75. The van der Waals surface area contributed by atoms with Crippen molar-refractivity contribution in [3.8, 4) is 5.75 Å². The fourth-order valence-electron chi connectivity index (χ4n) is 4.62. The number of halogens is 1. The minimum Gasteiger partial charge on any atom is -0.490 e. The van der Waals surface area contributed by atoms with Gasteiger partial charge in [-0.05, 0) is 55.7 Å². The number of piperidine rings is 1. The Bertz CT molecular complexity index is 886. The Morgan fingerprint density at radius 3 is 2.44 bits per heavy atom. The minimum atomic E-state index is -1.21. The molecule has 174 valence electrons. The molecule has 7 heteroatoms. The van der Waals surface area contributed by atoms with Crippen LogP contribution in [0.5, 0.6) is 5.75 Å². The van der Waals surface area contributed by atoms with Crippen LogP contribution < -0.4 is 9.64 Å². The Labute approximate surface area is 189 Å². The second-order valence-electron chi connectivity index (χ2n) is 9.23. The molecule has 2 N–H and O–H groups in total. The summed E-state index contributed by atoms with van der Waals surface area (Å²) >= 11 is 0. The summed E-state index contributed by atoms with van der Waals surface area (Å²) in [5.41, 5.74) is 0.463. The smallest absolute Gasteiger partial charge is 0.134 e. The molecule has 4 rings (SSSR count). The Kier molecular flexibility index (Phi) is 7.00. The Morgan fingerprint density at radius 1 is 1.00 bits per heavy atom. The molecule has 2 aromatic rings. The maximum atomic E-state index is 13.1. The molecule has 6 nitrogen and oxygen atoms in total. The van der Waals surface area contributed by atoms with Crippen LogP contribution in [0.15, 0.2) is 48.5 Å². The average Bonchev–Trinajstić information content (AvgIpc) is 2.95. The van der Waals surface area contributed by atoms with Crippen LogP contribution in [-0.4, -0.2) is 78.9 Å². The molecule has 2 fully saturated rings. The van der Waals surface area contributed by atoms with Gasteiger partial charge in [-0.15, -0.1) is 0 Å². The van der Waals surface area contributed by atoms with E-state index in [9.17, 15) is 14.6 Å². The number of hydrogen-bond donors (Lipinski definition) is 2. The predicted octanol–water partition coefficient (Wildman–Crippen LogP) is 2.61. The third-order valence-electron chi connectivity index (χ3n) is 6.43. The van der Waals surface area contributed by atoms with E-state index in [-0.39, 0.29) is 19.0 Å². The summed E-state index contributed by atoms with van der Waals surface area (Å²) in [5.74, 6) is 0.166. The summed E-state index contributed by atoms with van der Waals surface area (Å²) in [6, 6.07) is 14.1. The van der Waals surface area contributed by atoms with E-state index in [0.29, 0.717) is 44.8 Å². The summed E-state index contributed by atoms with van der Waals surface area (Å²) in [6.45, 7) is 5.86. The van der Waals surface area contributed by atoms with Gasteiger partial charge in [0, 0.05) is 38.4 Å². The molecule has 0 amide bonds. The van der Waals surface area contributed by atoms with Crippen LogP contribution in [0, 0.1) is 12.7 Å². The van der Waals surface area contributed by atoms with Gasteiger partial charge in [0.2, 0.25) is 0 Å². The van der Waals surface area contributed by atoms with Gasteiger partial charge in [-0.3, -0.25) is 4.90 Å². The lowest BCUT2D eigenvalue weighted by Crippen LogP contribution is -2.55. The number of hydrogen-bond acceptors (Lipinski definition) is 6. The molecule has 2 saturated heterocycles. The maximum absolute atomic E-state index is 13.1. The fourth-order valence-corrected chi connectivity index (χ4v) is 4.62. The van der Waals surface area contributed by atoms with Crippen LogP contribution in [0.2, 0.25) is 0 Å². The van der Waals surface area contributed by atoms with Crippen molar-refractivity contribution >= 4 is 5.69 Å². The molecule has 0 spiro atoms. The van der Waals surface area contributed by atoms with Crippen molar-refractivity contribution in [3.63, 3.8) is 0 Å². The molecule has 2 aromatic carbocycles. The largest absolute Gasteiger partial charge is 0.490 e. The normalized spacial score (nSPS) is 24.2. The van der Waals surface area contributed by atoms with Gasteiger partial charge in [0.05, 0.1) is 18.8 Å². The van der Waals surface area contributed by atoms with Crippen LogP contribution in [0.1, 0.15) is 18.4 Å². The summed E-state index contributed by atoms with van der Waals surface area (Å²) < 4.78 is 24.4. The van der Waals surface area contributed by atoms with E-state index < -0.39 is 11.2 Å². The highest BCUT2D eigenvalue weighted by Crippen LogP contribution is 2.29. The topological polar surface area (TPSA) is 65.4 Å². The number of rotatable bonds is 6. The van der Waals surface area contributed by atoms with Gasteiger partial charge in [-0.25, -0.2) is 4.39 Å². The summed E-state index contributed by atoms with van der Waals surface area (Å²) in [5, 5.41) is 22.4. The monoisotopic (exact) mass is 444 g/mol. The van der Waals surface area contributed by atoms with Gasteiger partial charge in [0.15, 0.2) is 0 Å². The molecule has 0 bridgehead atoms. The zero-order valence-electron chi connectivity index (χ0n) is 18.7. The van der Waals surface area contributed by atoms with Crippen molar-refractivity contribution in [3.05, 3.63) is 59.9 Å². The van der Waals surface area contributed by atoms with E-state index in [4.69, 9.17) is 9.47 Å². The third kappa shape index (κ3) is 5.78. The molecular formula is C25H33FN2O4. The van der Waals surface area contributed by atoms with Crippen LogP contribution in [0.3, 0.4) is 0 Å². The minimum absolute atomic E-state index is 0.0363. The lowest BCUT2D eigenvalue weighted by atomic mass is 9.89. The lowest BCUT2D eigenvalue weighted by Gasteiger charge is -2.42. The van der Waals surface area contributed by atoms with Crippen LogP contribution in [0.25, 0.3) is 0 Å². The van der Waals surface area contributed by atoms with Crippen molar-refractivity contribution < 1.29 is 24.1 Å². The van der Waals surface area contributed by atoms with Crippen LogP contribution >= 0.6 is 0 Å². The first-order chi connectivity index (χ1) is 15.3. The van der Waals surface area contributed by atoms with Gasteiger partial charge in [0.1, 0.15) is 23.8 Å². The second-order valence-corrected chi connectivity index (χ2v) is 9.23. The standard InChI is InChI=1S/C25H33FN2O4/c1-20-4-2-3-5-23(20)28-12-10-24(29,11-13-28)16-27-14-15-31-18-25(30,17-27)19-32-22-8-6-21(26)7-9-22/h2-9,29-30H,10-19H2,1H3/t25-/m0/s1. The first-order valence-corrected chi connectivity index (χ1v) is 11.3. The third-order valence-corrected chi connectivity index (χ3v) is 6.43. The van der Waals surface area contributed by atoms with E-state index in [1.807, 2.05) is 6.07 Å². The Balaban J connectivity index is 1.33. The molecular weight excluding hydrogens is 411 g/mol. The van der Waals surface area contributed by atoms with Crippen molar-refractivity contribution in [2.75, 3.05) is 57.4 Å². The molecule has 0 aromatic heterocycles. The van der Waals surface area contributed by atoms with E-state index in [0.717, 1.165) is 13.1 Å². The van der Waals surface area contributed by atoms with Crippen LogP contribution in [0.4, 0.5) is 10.1 Å². The average molecular weight is 445 g/mol. The van der Waals surface area contributed by atoms with Gasteiger partial charge in [0.25, 0.3) is 0 Å². The van der Waals surface area contributed by atoms with Gasteiger partial charge >= 0.3 is 0 Å². The number of benzene rings is 2. The highest BCUT2D eigenvalue weighted by Gasteiger charge is 2.39. The van der Waals surface area contributed by atoms with Crippen molar-refractivity contribution in [1.29, 1.82) is 0 Å². The molecule has 1 atom stereocenters. The molecule has 0 saturated carbocycles. The molecule has 2 heterocycles. The first kappa shape index (κ1) is 23.0. The quantitative estimate of drug-likeness (QED) is 0.714. The number of aliphatic hydroxyl groups is 2. The predicted molar refractivity (Wildman–Crippen MR) is 122 cm³/mol. The maximum Gasteiger partial charge on any atom is 0.134 e.